The molecule has 4 nitrogen and oxygen atoms in total. The molecule has 0 radical (unpaired) electrons. The van der Waals surface area contributed by atoms with Crippen molar-refractivity contribution < 1.29 is 14.6 Å². The topological polar surface area (TPSA) is 49.8 Å². The molecule has 1 N–H and O–H groups in total. The third-order valence-corrected chi connectivity index (χ3v) is 2.13. The number of benzene rings is 1. The Balaban J connectivity index is 2.85. The second-order valence-electron chi connectivity index (χ2n) is 3.11. The monoisotopic (exact) mass is 209 g/mol. The summed E-state index contributed by atoms with van der Waals surface area (Å²) in [5.41, 5.74) is 0.860. The van der Waals surface area contributed by atoms with Crippen LogP contribution in [0.4, 0.5) is 5.69 Å². The summed E-state index contributed by atoms with van der Waals surface area (Å²) in [6, 6.07) is 7.37. The minimum Gasteiger partial charge on any atom is -0.497 e. The normalized spacial score (nSPS) is 9.73. The summed E-state index contributed by atoms with van der Waals surface area (Å²) in [7, 11) is 1.59. The van der Waals surface area contributed by atoms with Gasteiger partial charge in [0.05, 0.1) is 7.11 Å². The van der Waals surface area contributed by atoms with Gasteiger partial charge in [0.2, 0.25) is 0 Å². The summed E-state index contributed by atoms with van der Waals surface area (Å²) in [6.45, 7) is 2.57. The molecule has 1 aromatic rings. The molecule has 15 heavy (non-hydrogen) atoms. The summed E-state index contributed by atoms with van der Waals surface area (Å²) in [5.74, 6) is -0.101. The molecule has 0 aromatic heterocycles. The highest BCUT2D eigenvalue weighted by molar-refractivity contribution is 5.73. The highest BCUT2D eigenvalue weighted by Gasteiger charge is 2.08. The number of anilines is 1. The lowest BCUT2D eigenvalue weighted by molar-refractivity contribution is -0.135. The third kappa shape index (κ3) is 3.16. The van der Waals surface area contributed by atoms with Crippen LogP contribution >= 0.6 is 0 Å². The first-order valence-corrected chi connectivity index (χ1v) is 4.78. The molecular formula is C11H15NO3. The minimum atomic E-state index is -0.834. The number of hydrogen-bond acceptors (Lipinski definition) is 3. The molecule has 0 aliphatic heterocycles. The van der Waals surface area contributed by atoms with Crippen LogP contribution in [0.2, 0.25) is 0 Å². The molecule has 82 valence electrons. The first-order chi connectivity index (χ1) is 7.17. The second-order valence-corrected chi connectivity index (χ2v) is 3.11. The van der Waals surface area contributed by atoms with Gasteiger partial charge in [-0.3, -0.25) is 4.79 Å². The van der Waals surface area contributed by atoms with Gasteiger partial charge in [-0.2, -0.15) is 0 Å². The third-order valence-electron chi connectivity index (χ3n) is 2.13. The molecule has 0 unspecified atom stereocenters. The standard InChI is InChI=1S/C11H15NO3/c1-3-12(8-11(13)14)9-5-4-6-10(7-9)15-2/h4-7H,3,8H2,1-2H3,(H,13,14). The van der Waals surface area contributed by atoms with Crippen LogP contribution in [-0.2, 0) is 4.79 Å². The highest BCUT2D eigenvalue weighted by Crippen LogP contribution is 2.20. The Kier molecular flexibility index (Phi) is 3.97. The van der Waals surface area contributed by atoms with Crippen molar-refractivity contribution in [3.05, 3.63) is 24.3 Å². The van der Waals surface area contributed by atoms with Crippen LogP contribution in [0.1, 0.15) is 6.92 Å². The van der Waals surface area contributed by atoms with Crippen molar-refractivity contribution in [1.82, 2.24) is 0 Å². The number of carboxylic acids is 1. The molecule has 0 saturated heterocycles. The second kappa shape index (κ2) is 5.24. The number of carboxylic acid groups (broad SMARTS) is 1. The molecule has 0 fully saturated rings. The van der Waals surface area contributed by atoms with Crippen molar-refractivity contribution in [1.29, 1.82) is 0 Å². The van der Waals surface area contributed by atoms with E-state index in [1.807, 2.05) is 31.2 Å². The molecule has 0 aliphatic carbocycles. The molecule has 4 heteroatoms. The van der Waals surface area contributed by atoms with E-state index < -0.39 is 5.97 Å². The van der Waals surface area contributed by atoms with Crippen LogP contribution in [0, 0.1) is 0 Å². The number of likely N-dealkylation sites (N-methyl/N-ethyl adjacent to an activating group) is 1. The molecule has 0 spiro atoms. The smallest absolute Gasteiger partial charge is 0.323 e. The zero-order valence-electron chi connectivity index (χ0n) is 8.93. The van der Waals surface area contributed by atoms with Gasteiger partial charge < -0.3 is 14.7 Å². The highest BCUT2D eigenvalue weighted by atomic mass is 16.5. The zero-order chi connectivity index (χ0) is 11.3. The van der Waals surface area contributed by atoms with Crippen molar-refractivity contribution in [2.75, 3.05) is 25.1 Å². The maximum absolute atomic E-state index is 10.6. The predicted octanol–water partition coefficient (Wildman–Crippen LogP) is 1.61. The van der Waals surface area contributed by atoms with E-state index in [1.54, 1.807) is 12.0 Å². The van der Waals surface area contributed by atoms with Crippen molar-refractivity contribution in [3.63, 3.8) is 0 Å². The van der Waals surface area contributed by atoms with Gasteiger partial charge in [-0.25, -0.2) is 0 Å². The van der Waals surface area contributed by atoms with E-state index in [9.17, 15) is 4.79 Å². The summed E-state index contributed by atoms with van der Waals surface area (Å²) in [6.07, 6.45) is 0. The quantitative estimate of drug-likeness (QED) is 0.800. The average molecular weight is 209 g/mol. The van der Waals surface area contributed by atoms with Crippen molar-refractivity contribution in [2.45, 2.75) is 6.92 Å². The van der Waals surface area contributed by atoms with Crippen LogP contribution in [0.15, 0.2) is 24.3 Å². The number of ether oxygens (including phenoxy) is 1. The molecule has 0 heterocycles. The van der Waals surface area contributed by atoms with Gasteiger partial charge in [-0.15, -0.1) is 0 Å². The van der Waals surface area contributed by atoms with Gasteiger partial charge >= 0.3 is 5.97 Å². The Hall–Kier alpha value is -1.71. The van der Waals surface area contributed by atoms with E-state index in [2.05, 4.69) is 0 Å². The zero-order valence-corrected chi connectivity index (χ0v) is 8.93. The van der Waals surface area contributed by atoms with E-state index in [4.69, 9.17) is 9.84 Å². The molecule has 0 atom stereocenters. The molecule has 0 saturated carbocycles. The lowest BCUT2D eigenvalue weighted by atomic mass is 10.2. The molecule has 0 bridgehead atoms. The largest absolute Gasteiger partial charge is 0.497 e. The molecular weight excluding hydrogens is 194 g/mol. The van der Waals surface area contributed by atoms with Crippen LogP contribution in [0.25, 0.3) is 0 Å². The van der Waals surface area contributed by atoms with Gasteiger partial charge in [-0.1, -0.05) is 6.07 Å². The minimum absolute atomic E-state index is 0.00364. The molecule has 0 amide bonds. The Labute approximate surface area is 89.1 Å². The van der Waals surface area contributed by atoms with Gasteiger partial charge in [0.1, 0.15) is 12.3 Å². The van der Waals surface area contributed by atoms with Gasteiger partial charge in [0.25, 0.3) is 0 Å². The van der Waals surface area contributed by atoms with E-state index in [-0.39, 0.29) is 6.54 Å². The van der Waals surface area contributed by atoms with Crippen LogP contribution in [0.5, 0.6) is 5.75 Å². The van der Waals surface area contributed by atoms with Crippen LogP contribution in [0.3, 0.4) is 0 Å². The molecule has 1 aromatic carbocycles. The molecule has 1 rings (SSSR count). The van der Waals surface area contributed by atoms with E-state index in [1.165, 1.54) is 0 Å². The first kappa shape index (κ1) is 11.4. The molecule has 0 aliphatic rings. The van der Waals surface area contributed by atoms with Crippen molar-refractivity contribution in [3.8, 4) is 5.75 Å². The lowest BCUT2D eigenvalue weighted by Crippen LogP contribution is -2.29. The maximum atomic E-state index is 10.6. The number of nitrogens with zero attached hydrogens (tertiary/aromatic N) is 1. The lowest BCUT2D eigenvalue weighted by Gasteiger charge is -2.21. The van der Waals surface area contributed by atoms with Crippen LogP contribution < -0.4 is 9.64 Å². The fourth-order valence-corrected chi connectivity index (χ4v) is 1.36. The summed E-state index contributed by atoms with van der Waals surface area (Å²) >= 11 is 0. The SMILES string of the molecule is CCN(CC(=O)O)c1cccc(OC)c1. The first-order valence-electron chi connectivity index (χ1n) is 4.78. The Morgan fingerprint density at radius 2 is 2.27 bits per heavy atom. The predicted molar refractivity (Wildman–Crippen MR) is 58.5 cm³/mol. The number of hydrogen-bond donors (Lipinski definition) is 1. The Morgan fingerprint density at radius 3 is 2.80 bits per heavy atom. The maximum Gasteiger partial charge on any atom is 0.323 e. The van der Waals surface area contributed by atoms with E-state index in [0.29, 0.717) is 6.54 Å². The summed E-state index contributed by atoms with van der Waals surface area (Å²) < 4.78 is 5.08. The number of rotatable bonds is 5. The van der Waals surface area contributed by atoms with Gasteiger partial charge in [0, 0.05) is 18.3 Å². The fraction of sp³-hybridized carbons (Fsp3) is 0.364. The number of carbonyl (C=O) groups is 1. The fourth-order valence-electron chi connectivity index (χ4n) is 1.36. The van der Waals surface area contributed by atoms with Crippen LogP contribution in [-0.4, -0.2) is 31.3 Å². The van der Waals surface area contributed by atoms with Crippen molar-refractivity contribution >= 4 is 11.7 Å². The van der Waals surface area contributed by atoms with Gasteiger partial charge in [-0.05, 0) is 19.1 Å². The van der Waals surface area contributed by atoms with Crippen molar-refractivity contribution in [2.24, 2.45) is 0 Å². The van der Waals surface area contributed by atoms with Gasteiger partial charge in [0.15, 0.2) is 0 Å². The Bertz CT molecular complexity index is 338. The van der Waals surface area contributed by atoms with E-state index >= 15 is 0 Å². The summed E-state index contributed by atoms with van der Waals surface area (Å²) in [5, 5.41) is 8.73. The Morgan fingerprint density at radius 1 is 1.53 bits per heavy atom. The summed E-state index contributed by atoms with van der Waals surface area (Å²) in [4.78, 5) is 12.4. The van der Waals surface area contributed by atoms with E-state index in [0.717, 1.165) is 11.4 Å². The average Bonchev–Trinajstić information content (AvgIpc) is 2.25. The number of methoxy groups -OCH3 is 1. The number of aliphatic carboxylic acids is 1.